The van der Waals surface area contributed by atoms with Crippen molar-refractivity contribution in [1.29, 1.82) is 0 Å². The number of carbonyl (C=O) groups is 3. The Bertz CT molecular complexity index is 512. The number of nitrogens with zero attached hydrogens (tertiary/aromatic N) is 1. The molecule has 0 radical (unpaired) electrons. The summed E-state index contributed by atoms with van der Waals surface area (Å²) in [5.74, 6) is -2.52. The van der Waals surface area contributed by atoms with Gasteiger partial charge in [0.15, 0.2) is 0 Å². The number of nitrogens with two attached hydrogens (primary N) is 2. The van der Waals surface area contributed by atoms with Crippen molar-refractivity contribution in [2.24, 2.45) is 11.5 Å². The van der Waals surface area contributed by atoms with Crippen LogP contribution in [-0.2, 0) is 9.59 Å². The van der Waals surface area contributed by atoms with Crippen molar-refractivity contribution in [2.45, 2.75) is 6.92 Å². The highest BCUT2D eigenvalue weighted by molar-refractivity contribution is 5.96. The molecule has 0 aliphatic rings. The van der Waals surface area contributed by atoms with Crippen molar-refractivity contribution < 1.29 is 19.5 Å². The first kappa shape index (κ1) is 14.5. The summed E-state index contributed by atoms with van der Waals surface area (Å²) >= 11 is 0. The molecule has 0 aliphatic carbocycles. The zero-order valence-corrected chi connectivity index (χ0v) is 10.4. The summed E-state index contributed by atoms with van der Waals surface area (Å²) in [6, 6.07) is 4.65. The van der Waals surface area contributed by atoms with Gasteiger partial charge in [0.05, 0.1) is 24.3 Å². The summed E-state index contributed by atoms with van der Waals surface area (Å²) in [6.07, 6.45) is 0. The third-order valence-corrected chi connectivity index (χ3v) is 2.42. The van der Waals surface area contributed by atoms with Crippen LogP contribution in [0.15, 0.2) is 18.2 Å². The molecule has 0 saturated heterocycles. The quantitative estimate of drug-likeness (QED) is 0.637. The van der Waals surface area contributed by atoms with Gasteiger partial charge in [-0.15, -0.1) is 0 Å². The van der Waals surface area contributed by atoms with Gasteiger partial charge in [0.1, 0.15) is 0 Å². The Morgan fingerprint density at radius 1 is 1.16 bits per heavy atom. The minimum Gasteiger partial charge on any atom is -0.478 e. The van der Waals surface area contributed by atoms with Gasteiger partial charge in [-0.05, 0) is 19.1 Å². The second-order valence-electron chi connectivity index (χ2n) is 4.11. The first-order chi connectivity index (χ1) is 8.81. The fraction of sp³-hybridized carbons (Fsp3) is 0.250. The predicted octanol–water partition coefficient (Wildman–Crippen LogP) is -0.530. The van der Waals surface area contributed by atoms with Crippen LogP contribution in [0.25, 0.3) is 0 Å². The van der Waals surface area contributed by atoms with Gasteiger partial charge >= 0.3 is 5.97 Å². The number of hydrogen-bond acceptors (Lipinski definition) is 4. The molecule has 0 bridgehead atoms. The molecule has 0 heterocycles. The molecular formula is C12H15N3O4. The molecule has 19 heavy (non-hydrogen) atoms. The molecule has 5 N–H and O–H groups in total. The summed E-state index contributed by atoms with van der Waals surface area (Å²) in [7, 11) is 0. The molecule has 0 saturated carbocycles. The number of carboxylic acids is 1. The van der Waals surface area contributed by atoms with Crippen LogP contribution in [0.1, 0.15) is 15.9 Å². The van der Waals surface area contributed by atoms with Gasteiger partial charge in [0.2, 0.25) is 11.8 Å². The van der Waals surface area contributed by atoms with Crippen molar-refractivity contribution in [1.82, 2.24) is 0 Å². The lowest BCUT2D eigenvalue weighted by atomic mass is 10.1. The predicted molar refractivity (Wildman–Crippen MR) is 68.7 cm³/mol. The fourth-order valence-electron chi connectivity index (χ4n) is 1.70. The van der Waals surface area contributed by atoms with Gasteiger partial charge in [0, 0.05) is 0 Å². The van der Waals surface area contributed by atoms with E-state index in [1.165, 1.54) is 17.0 Å². The van der Waals surface area contributed by atoms with Crippen LogP contribution in [0.3, 0.4) is 0 Å². The molecule has 0 fully saturated rings. The lowest BCUT2D eigenvalue weighted by molar-refractivity contribution is -0.117. The number of carboxylic acid groups (broad SMARTS) is 1. The minimum atomic E-state index is -1.15. The highest BCUT2D eigenvalue weighted by Gasteiger charge is 2.19. The molecule has 1 aromatic rings. The van der Waals surface area contributed by atoms with Crippen LogP contribution in [0, 0.1) is 6.92 Å². The Hall–Kier alpha value is -2.57. The first-order valence-corrected chi connectivity index (χ1v) is 5.46. The van der Waals surface area contributed by atoms with E-state index in [0.29, 0.717) is 0 Å². The molecule has 0 aromatic heterocycles. The van der Waals surface area contributed by atoms with Crippen molar-refractivity contribution in [2.75, 3.05) is 18.0 Å². The molecule has 1 rings (SSSR count). The third-order valence-electron chi connectivity index (χ3n) is 2.42. The van der Waals surface area contributed by atoms with Crippen LogP contribution < -0.4 is 16.4 Å². The SMILES string of the molecule is Cc1ccc(N(CC(N)=O)CC(N)=O)c(C(=O)O)c1. The summed E-state index contributed by atoms with van der Waals surface area (Å²) in [4.78, 5) is 34.4. The number of amides is 2. The van der Waals surface area contributed by atoms with Crippen LogP contribution in [0.2, 0.25) is 0 Å². The minimum absolute atomic E-state index is 0.0116. The van der Waals surface area contributed by atoms with Crippen LogP contribution >= 0.6 is 0 Å². The Labute approximate surface area is 109 Å². The molecule has 102 valence electrons. The maximum absolute atomic E-state index is 11.2. The van der Waals surface area contributed by atoms with Gasteiger partial charge < -0.3 is 21.5 Å². The molecule has 0 spiro atoms. The number of primary amides is 2. The smallest absolute Gasteiger partial charge is 0.337 e. The van der Waals surface area contributed by atoms with E-state index in [9.17, 15) is 14.4 Å². The van der Waals surface area contributed by atoms with E-state index in [0.717, 1.165) is 5.56 Å². The Kier molecular flexibility index (Phi) is 4.46. The zero-order valence-electron chi connectivity index (χ0n) is 10.4. The monoisotopic (exact) mass is 265 g/mol. The molecule has 0 atom stereocenters. The summed E-state index contributed by atoms with van der Waals surface area (Å²) in [5.41, 5.74) is 11.1. The van der Waals surface area contributed by atoms with E-state index in [2.05, 4.69) is 0 Å². The van der Waals surface area contributed by atoms with E-state index in [1.54, 1.807) is 13.0 Å². The highest BCUT2D eigenvalue weighted by atomic mass is 16.4. The van der Waals surface area contributed by atoms with Gasteiger partial charge in [0.25, 0.3) is 0 Å². The van der Waals surface area contributed by atoms with E-state index in [-0.39, 0.29) is 24.3 Å². The van der Waals surface area contributed by atoms with Gasteiger partial charge in [-0.3, -0.25) is 9.59 Å². The number of benzene rings is 1. The maximum Gasteiger partial charge on any atom is 0.337 e. The van der Waals surface area contributed by atoms with E-state index in [1.807, 2.05) is 0 Å². The average Bonchev–Trinajstić information content (AvgIpc) is 2.26. The van der Waals surface area contributed by atoms with Crippen molar-refractivity contribution >= 4 is 23.5 Å². The molecule has 2 amide bonds. The second-order valence-corrected chi connectivity index (χ2v) is 4.11. The second kappa shape index (κ2) is 5.85. The summed E-state index contributed by atoms with van der Waals surface area (Å²) in [5, 5.41) is 9.15. The summed E-state index contributed by atoms with van der Waals surface area (Å²) < 4.78 is 0. The van der Waals surface area contributed by atoms with E-state index >= 15 is 0 Å². The number of aromatic carboxylic acids is 1. The number of hydrogen-bond donors (Lipinski definition) is 3. The molecule has 7 heteroatoms. The summed E-state index contributed by atoms with van der Waals surface area (Å²) in [6.45, 7) is 1.17. The Morgan fingerprint density at radius 2 is 1.68 bits per heavy atom. The van der Waals surface area contributed by atoms with Crippen molar-refractivity contribution in [3.8, 4) is 0 Å². The van der Waals surface area contributed by atoms with Crippen LogP contribution in [0.4, 0.5) is 5.69 Å². The maximum atomic E-state index is 11.2. The average molecular weight is 265 g/mol. The largest absolute Gasteiger partial charge is 0.478 e. The molecule has 0 unspecified atom stereocenters. The van der Waals surface area contributed by atoms with Gasteiger partial charge in [-0.1, -0.05) is 11.6 Å². The standard InChI is InChI=1S/C12H15N3O4/c1-7-2-3-9(8(4-7)12(18)19)15(5-10(13)16)6-11(14)17/h2-4H,5-6H2,1H3,(H2,13,16)(H2,14,17)(H,18,19). The van der Waals surface area contributed by atoms with Crippen LogP contribution in [0.5, 0.6) is 0 Å². The van der Waals surface area contributed by atoms with E-state index in [4.69, 9.17) is 16.6 Å². The van der Waals surface area contributed by atoms with Crippen molar-refractivity contribution in [3.63, 3.8) is 0 Å². The van der Waals surface area contributed by atoms with Crippen molar-refractivity contribution in [3.05, 3.63) is 29.3 Å². The lowest BCUT2D eigenvalue weighted by Crippen LogP contribution is -2.40. The Balaban J connectivity index is 3.24. The fourth-order valence-corrected chi connectivity index (χ4v) is 1.70. The van der Waals surface area contributed by atoms with Crippen LogP contribution in [-0.4, -0.2) is 36.0 Å². The molecule has 0 aliphatic heterocycles. The number of aryl methyl sites for hydroxylation is 1. The van der Waals surface area contributed by atoms with Gasteiger partial charge in [-0.2, -0.15) is 0 Å². The highest BCUT2D eigenvalue weighted by Crippen LogP contribution is 2.21. The normalized spacial score (nSPS) is 9.95. The number of rotatable bonds is 6. The molecule has 1 aromatic carbocycles. The van der Waals surface area contributed by atoms with Gasteiger partial charge in [-0.25, -0.2) is 4.79 Å². The van der Waals surface area contributed by atoms with E-state index < -0.39 is 17.8 Å². The number of anilines is 1. The topological polar surface area (TPSA) is 127 Å². The Morgan fingerprint density at radius 3 is 2.11 bits per heavy atom. The number of carbonyl (C=O) groups excluding carboxylic acids is 2. The zero-order chi connectivity index (χ0) is 14.6. The lowest BCUT2D eigenvalue weighted by Gasteiger charge is -2.23. The molecular weight excluding hydrogens is 250 g/mol. The third kappa shape index (κ3) is 3.98. The molecule has 7 nitrogen and oxygen atoms in total. The first-order valence-electron chi connectivity index (χ1n) is 5.46.